The number of hydrogen-bond acceptors (Lipinski definition) is 1. The van der Waals surface area contributed by atoms with E-state index in [1.54, 1.807) is 0 Å². The van der Waals surface area contributed by atoms with E-state index in [4.69, 9.17) is 0 Å². The lowest BCUT2D eigenvalue weighted by molar-refractivity contribution is 0.655. The van der Waals surface area contributed by atoms with E-state index < -0.39 is 0 Å². The largest absolute Gasteiger partial charge is 0.311 e. The third-order valence-corrected chi connectivity index (χ3v) is 10.9. The van der Waals surface area contributed by atoms with Crippen LogP contribution in [0, 0.1) is 0 Å². The Balaban J connectivity index is 1.15. The van der Waals surface area contributed by atoms with Crippen LogP contribution in [0.15, 0.2) is 170 Å². The molecule has 0 saturated heterocycles. The van der Waals surface area contributed by atoms with Gasteiger partial charge < -0.3 is 4.90 Å². The number of benzene rings is 7. The number of aryl methyl sites for hydroxylation is 1. The number of para-hydroxylation sites is 2. The Morgan fingerprint density at radius 3 is 1.73 bits per heavy atom. The Hall–Kier alpha value is -5.66. The van der Waals surface area contributed by atoms with E-state index in [0.29, 0.717) is 5.92 Å². The maximum atomic E-state index is 2.57. The summed E-state index contributed by atoms with van der Waals surface area (Å²) in [4.78, 5) is 2.32. The maximum absolute atomic E-state index is 2.57. The lowest BCUT2D eigenvalue weighted by atomic mass is 9.78. The van der Waals surface area contributed by atoms with Gasteiger partial charge >= 0.3 is 0 Å². The van der Waals surface area contributed by atoms with Gasteiger partial charge in [0.15, 0.2) is 0 Å². The molecule has 236 valence electrons. The van der Waals surface area contributed by atoms with E-state index in [1.807, 2.05) is 0 Å². The third kappa shape index (κ3) is 5.00. The molecule has 1 heteroatoms. The normalized spacial score (nSPS) is 15.3. The molecule has 0 aromatic heterocycles. The molecule has 0 amide bonds. The summed E-state index contributed by atoms with van der Waals surface area (Å²) in [7, 11) is 0. The van der Waals surface area contributed by atoms with E-state index in [0.717, 1.165) is 29.9 Å². The van der Waals surface area contributed by atoms with Crippen molar-refractivity contribution in [1.82, 2.24) is 0 Å². The van der Waals surface area contributed by atoms with Gasteiger partial charge in [0.2, 0.25) is 0 Å². The maximum Gasteiger partial charge on any atom is 0.0462 e. The molecule has 1 nitrogen and oxygen atoms in total. The van der Waals surface area contributed by atoms with Crippen molar-refractivity contribution >= 4 is 17.1 Å². The number of fused-ring (bicyclic) bond motifs is 6. The molecular weight excluding hydrogens is 591 g/mol. The topological polar surface area (TPSA) is 3.24 Å². The van der Waals surface area contributed by atoms with Crippen molar-refractivity contribution in [3.8, 4) is 33.4 Å². The van der Waals surface area contributed by atoms with Crippen molar-refractivity contribution in [2.45, 2.75) is 38.0 Å². The second-order valence-corrected chi connectivity index (χ2v) is 14.1. The van der Waals surface area contributed by atoms with Gasteiger partial charge in [0, 0.05) is 28.4 Å². The van der Waals surface area contributed by atoms with Gasteiger partial charge in [0.25, 0.3) is 0 Å². The molecule has 0 spiro atoms. The van der Waals surface area contributed by atoms with Crippen LogP contribution in [0.1, 0.15) is 54.0 Å². The van der Waals surface area contributed by atoms with E-state index in [1.165, 1.54) is 61.2 Å². The Morgan fingerprint density at radius 2 is 1.04 bits per heavy atom. The van der Waals surface area contributed by atoms with E-state index >= 15 is 0 Å². The average Bonchev–Trinajstić information content (AvgIpc) is 3.26. The number of anilines is 3. The molecule has 0 aliphatic heterocycles. The monoisotopic (exact) mass is 629 g/mol. The molecule has 2 aliphatic rings. The highest BCUT2D eigenvalue weighted by atomic mass is 15.1. The standard InChI is InChI=1S/C48H39N/c1-48(2)46-29-25-36(33-22-26-39(27-23-33)49(37-17-8-4-9-18-37)38-19-10-5-11-20-38)30-44(46)45-31-42-40-21-13-12-16-35(40)24-28-41(43(42)32-47(45)48)34-14-6-3-7-15-34/h3-23,25-27,29-32,41H,24,28H2,1-2H3/t41-/m0/s1. The molecule has 0 radical (unpaired) electrons. The Labute approximate surface area is 290 Å². The summed E-state index contributed by atoms with van der Waals surface area (Å²) < 4.78 is 0. The second kappa shape index (κ2) is 11.8. The molecule has 7 aromatic carbocycles. The van der Waals surface area contributed by atoms with Crippen LogP contribution in [0.3, 0.4) is 0 Å². The molecule has 0 bridgehead atoms. The third-order valence-electron chi connectivity index (χ3n) is 10.9. The smallest absolute Gasteiger partial charge is 0.0462 e. The molecule has 0 unspecified atom stereocenters. The van der Waals surface area contributed by atoms with E-state index in [2.05, 4.69) is 189 Å². The van der Waals surface area contributed by atoms with Gasteiger partial charge in [-0.3, -0.25) is 0 Å². The molecule has 0 heterocycles. The van der Waals surface area contributed by atoms with Gasteiger partial charge in [-0.1, -0.05) is 135 Å². The lowest BCUT2D eigenvalue weighted by Crippen LogP contribution is -2.16. The van der Waals surface area contributed by atoms with Crippen LogP contribution in [0.2, 0.25) is 0 Å². The fraction of sp³-hybridized carbons (Fsp3) is 0.125. The molecule has 0 N–H and O–H groups in total. The van der Waals surface area contributed by atoms with Crippen molar-refractivity contribution in [1.29, 1.82) is 0 Å². The number of rotatable bonds is 5. The highest BCUT2D eigenvalue weighted by Crippen LogP contribution is 2.54. The highest BCUT2D eigenvalue weighted by Gasteiger charge is 2.38. The Bertz CT molecular complexity index is 2240. The molecular formula is C48H39N. The van der Waals surface area contributed by atoms with Crippen molar-refractivity contribution in [3.63, 3.8) is 0 Å². The van der Waals surface area contributed by atoms with Crippen LogP contribution in [-0.2, 0) is 11.8 Å². The van der Waals surface area contributed by atoms with E-state index in [9.17, 15) is 0 Å². The Morgan fingerprint density at radius 1 is 0.469 bits per heavy atom. The highest BCUT2D eigenvalue weighted by molar-refractivity contribution is 5.89. The van der Waals surface area contributed by atoms with Crippen molar-refractivity contribution < 1.29 is 0 Å². The minimum Gasteiger partial charge on any atom is -0.311 e. The summed E-state index contributed by atoms with van der Waals surface area (Å²) in [6.45, 7) is 4.81. The molecule has 2 aliphatic carbocycles. The van der Waals surface area contributed by atoms with Crippen LogP contribution in [0.25, 0.3) is 33.4 Å². The zero-order chi connectivity index (χ0) is 33.0. The minimum absolute atomic E-state index is 0.0823. The Kier molecular flexibility index (Phi) is 7.09. The molecule has 1 atom stereocenters. The predicted octanol–water partition coefficient (Wildman–Crippen LogP) is 12.9. The number of nitrogens with zero attached hydrogens (tertiary/aromatic N) is 1. The summed E-state index contributed by atoms with van der Waals surface area (Å²) >= 11 is 0. The SMILES string of the molecule is CC1(C)c2ccc(-c3ccc(N(c4ccccc4)c4ccccc4)cc3)cc2-c2cc3c(cc21)[C@H](c1ccccc1)CCc1ccccc1-3. The molecule has 9 rings (SSSR count). The van der Waals surface area contributed by atoms with Gasteiger partial charge in [-0.25, -0.2) is 0 Å². The quantitative estimate of drug-likeness (QED) is 0.183. The van der Waals surface area contributed by atoms with Crippen molar-refractivity contribution in [2.75, 3.05) is 4.90 Å². The first kappa shape index (κ1) is 29.5. The lowest BCUT2D eigenvalue weighted by Gasteiger charge is -2.25. The van der Waals surface area contributed by atoms with E-state index in [-0.39, 0.29) is 5.41 Å². The first-order valence-electron chi connectivity index (χ1n) is 17.5. The summed E-state index contributed by atoms with van der Waals surface area (Å²) in [5.74, 6) is 0.369. The summed E-state index contributed by atoms with van der Waals surface area (Å²) in [5.41, 5.74) is 18.5. The number of hydrogen-bond donors (Lipinski definition) is 0. The van der Waals surface area contributed by atoms with Crippen LogP contribution >= 0.6 is 0 Å². The summed E-state index contributed by atoms with van der Waals surface area (Å²) in [6, 6.07) is 62.7. The van der Waals surface area contributed by atoms with Gasteiger partial charge in [0.05, 0.1) is 0 Å². The molecule has 0 fully saturated rings. The summed E-state index contributed by atoms with van der Waals surface area (Å²) in [5, 5.41) is 0. The van der Waals surface area contributed by atoms with Gasteiger partial charge in [-0.2, -0.15) is 0 Å². The van der Waals surface area contributed by atoms with Crippen LogP contribution in [-0.4, -0.2) is 0 Å². The zero-order valence-corrected chi connectivity index (χ0v) is 28.1. The second-order valence-electron chi connectivity index (χ2n) is 14.1. The fourth-order valence-electron chi connectivity index (χ4n) is 8.41. The van der Waals surface area contributed by atoms with Crippen LogP contribution in [0.5, 0.6) is 0 Å². The first-order chi connectivity index (χ1) is 24.1. The molecule has 49 heavy (non-hydrogen) atoms. The average molecular weight is 630 g/mol. The van der Waals surface area contributed by atoms with Gasteiger partial charge in [0.1, 0.15) is 0 Å². The fourth-order valence-corrected chi connectivity index (χ4v) is 8.41. The van der Waals surface area contributed by atoms with Crippen LogP contribution in [0.4, 0.5) is 17.1 Å². The predicted molar refractivity (Wildman–Crippen MR) is 206 cm³/mol. The molecule has 0 saturated carbocycles. The zero-order valence-electron chi connectivity index (χ0n) is 28.1. The first-order valence-corrected chi connectivity index (χ1v) is 17.5. The van der Waals surface area contributed by atoms with Crippen molar-refractivity contribution in [3.05, 3.63) is 198 Å². The van der Waals surface area contributed by atoms with Gasteiger partial charge in [-0.05, 0) is 123 Å². The minimum atomic E-state index is -0.0823. The summed E-state index contributed by atoms with van der Waals surface area (Å²) in [6.07, 6.45) is 2.20. The van der Waals surface area contributed by atoms with Crippen LogP contribution < -0.4 is 4.90 Å². The van der Waals surface area contributed by atoms with Crippen molar-refractivity contribution in [2.24, 2.45) is 0 Å². The molecule has 7 aromatic rings. The van der Waals surface area contributed by atoms with Gasteiger partial charge in [-0.15, -0.1) is 0 Å².